The Hall–Kier alpha value is -0.0800. The molecule has 100 valence electrons. The number of nitrogens with one attached hydrogen (secondary N) is 2. The summed E-state index contributed by atoms with van der Waals surface area (Å²) in [5, 5.41) is 7.42. The molecule has 0 radical (unpaired) electrons. The summed E-state index contributed by atoms with van der Waals surface area (Å²) in [6, 6.07) is 1.56. The van der Waals surface area contributed by atoms with Gasteiger partial charge in [-0.1, -0.05) is 26.2 Å². The smallest absolute Gasteiger partial charge is 0.0192 e. The van der Waals surface area contributed by atoms with Crippen molar-refractivity contribution >= 4 is 0 Å². The monoisotopic (exact) mass is 238 g/mol. The molecule has 2 heteroatoms. The maximum absolute atomic E-state index is 3.79. The molecule has 1 aliphatic heterocycles. The van der Waals surface area contributed by atoms with Gasteiger partial charge in [-0.3, -0.25) is 0 Å². The van der Waals surface area contributed by atoms with Crippen LogP contribution in [0.3, 0.4) is 0 Å². The van der Waals surface area contributed by atoms with Crippen LogP contribution in [0.2, 0.25) is 0 Å². The second-order valence-corrected chi connectivity index (χ2v) is 6.06. The van der Waals surface area contributed by atoms with E-state index in [0.717, 1.165) is 18.0 Å². The summed E-state index contributed by atoms with van der Waals surface area (Å²) in [5.74, 6) is 1.03. The van der Waals surface area contributed by atoms with E-state index < -0.39 is 0 Å². The third-order valence-corrected chi connectivity index (χ3v) is 4.61. The average Bonchev–Trinajstić information content (AvgIpc) is 2.40. The summed E-state index contributed by atoms with van der Waals surface area (Å²) < 4.78 is 0. The zero-order valence-corrected chi connectivity index (χ0v) is 11.5. The molecule has 17 heavy (non-hydrogen) atoms. The van der Waals surface area contributed by atoms with Crippen molar-refractivity contribution in [3.8, 4) is 0 Å². The minimum absolute atomic E-state index is 0.747. The normalized spacial score (nSPS) is 34.8. The van der Waals surface area contributed by atoms with Crippen molar-refractivity contribution in [2.45, 2.75) is 76.8 Å². The quantitative estimate of drug-likeness (QED) is 0.769. The van der Waals surface area contributed by atoms with E-state index in [-0.39, 0.29) is 0 Å². The van der Waals surface area contributed by atoms with E-state index in [9.17, 15) is 0 Å². The number of hydrogen-bond donors (Lipinski definition) is 2. The van der Waals surface area contributed by atoms with Crippen LogP contribution in [-0.2, 0) is 0 Å². The van der Waals surface area contributed by atoms with Crippen molar-refractivity contribution in [1.29, 1.82) is 0 Å². The first kappa shape index (κ1) is 13.4. The highest BCUT2D eigenvalue weighted by Gasteiger charge is 2.21. The van der Waals surface area contributed by atoms with E-state index in [1.54, 1.807) is 0 Å². The van der Waals surface area contributed by atoms with Crippen LogP contribution in [0.1, 0.15) is 64.7 Å². The molecule has 1 saturated heterocycles. The van der Waals surface area contributed by atoms with E-state index in [2.05, 4.69) is 17.6 Å². The third kappa shape index (κ3) is 4.59. The number of hydrogen-bond acceptors (Lipinski definition) is 2. The van der Waals surface area contributed by atoms with Gasteiger partial charge in [0.25, 0.3) is 0 Å². The Labute approximate surface area is 107 Å². The Morgan fingerprint density at radius 2 is 1.88 bits per heavy atom. The molecule has 0 aromatic rings. The summed E-state index contributed by atoms with van der Waals surface area (Å²) >= 11 is 0. The van der Waals surface area contributed by atoms with E-state index in [4.69, 9.17) is 0 Å². The van der Waals surface area contributed by atoms with Crippen molar-refractivity contribution in [1.82, 2.24) is 10.6 Å². The van der Waals surface area contributed by atoms with Crippen LogP contribution >= 0.6 is 0 Å². The fraction of sp³-hybridized carbons (Fsp3) is 1.00. The van der Waals surface area contributed by atoms with Crippen LogP contribution in [0.25, 0.3) is 0 Å². The van der Waals surface area contributed by atoms with E-state index in [1.807, 2.05) is 0 Å². The fourth-order valence-electron chi connectivity index (χ4n) is 3.47. The zero-order valence-electron chi connectivity index (χ0n) is 11.5. The van der Waals surface area contributed by atoms with Gasteiger partial charge in [0.15, 0.2) is 0 Å². The molecule has 2 rings (SSSR count). The van der Waals surface area contributed by atoms with Gasteiger partial charge >= 0.3 is 0 Å². The highest BCUT2D eigenvalue weighted by molar-refractivity contribution is 4.80. The van der Waals surface area contributed by atoms with Crippen LogP contribution < -0.4 is 10.6 Å². The lowest BCUT2D eigenvalue weighted by atomic mass is 9.83. The van der Waals surface area contributed by atoms with Crippen LogP contribution in [0.15, 0.2) is 0 Å². The first-order valence-electron chi connectivity index (χ1n) is 7.85. The Morgan fingerprint density at radius 1 is 1.06 bits per heavy atom. The molecule has 1 saturated carbocycles. The predicted molar refractivity (Wildman–Crippen MR) is 74.3 cm³/mol. The molecular weight excluding hydrogens is 208 g/mol. The molecule has 2 nitrogen and oxygen atoms in total. The Bertz CT molecular complexity index is 191. The van der Waals surface area contributed by atoms with Crippen molar-refractivity contribution in [2.24, 2.45) is 5.92 Å². The molecule has 2 aliphatic rings. The van der Waals surface area contributed by atoms with E-state index in [1.165, 1.54) is 70.9 Å². The summed E-state index contributed by atoms with van der Waals surface area (Å²) in [5.41, 5.74) is 0. The fourth-order valence-corrected chi connectivity index (χ4v) is 3.47. The molecule has 2 fully saturated rings. The van der Waals surface area contributed by atoms with E-state index >= 15 is 0 Å². The average molecular weight is 238 g/mol. The van der Waals surface area contributed by atoms with E-state index in [0.29, 0.717) is 0 Å². The maximum Gasteiger partial charge on any atom is 0.0192 e. The molecule has 1 heterocycles. The lowest BCUT2D eigenvalue weighted by Gasteiger charge is -2.31. The summed E-state index contributed by atoms with van der Waals surface area (Å²) in [6.45, 7) is 4.75. The van der Waals surface area contributed by atoms with Gasteiger partial charge in [0.2, 0.25) is 0 Å². The lowest BCUT2D eigenvalue weighted by molar-refractivity contribution is 0.266. The van der Waals surface area contributed by atoms with Gasteiger partial charge in [-0.05, 0) is 51.0 Å². The molecule has 1 atom stereocenters. The van der Waals surface area contributed by atoms with Gasteiger partial charge in [0.1, 0.15) is 0 Å². The molecule has 0 aromatic carbocycles. The Balaban J connectivity index is 1.57. The van der Waals surface area contributed by atoms with Gasteiger partial charge in [-0.15, -0.1) is 0 Å². The third-order valence-electron chi connectivity index (χ3n) is 4.61. The lowest BCUT2D eigenvalue weighted by Crippen LogP contribution is -2.45. The number of piperidine rings is 1. The molecule has 0 spiro atoms. The zero-order chi connectivity index (χ0) is 11.9. The summed E-state index contributed by atoms with van der Waals surface area (Å²) in [6.07, 6.45) is 12.7. The summed E-state index contributed by atoms with van der Waals surface area (Å²) in [7, 11) is 0. The molecular formula is C15H30N2. The Morgan fingerprint density at radius 3 is 2.53 bits per heavy atom. The van der Waals surface area contributed by atoms with Crippen molar-refractivity contribution in [2.75, 3.05) is 13.1 Å². The van der Waals surface area contributed by atoms with Gasteiger partial charge in [-0.2, -0.15) is 0 Å². The molecule has 0 aromatic heterocycles. The Kier molecular flexibility index (Phi) is 5.79. The predicted octanol–water partition coefficient (Wildman–Crippen LogP) is 3.08. The second-order valence-electron chi connectivity index (χ2n) is 6.06. The van der Waals surface area contributed by atoms with Crippen molar-refractivity contribution in [3.63, 3.8) is 0 Å². The first-order valence-corrected chi connectivity index (χ1v) is 7.85. The first-order chi connectivity index (χ1) is 8.38. The second kappa shape index (κ2) is 7.38. The molecule has 1 unspecified atom stereocenters. The van der Waals surface area contributed by atoms with Gasteiger partial charge in [0, 0.05) is 18.6 Å². The minimum atomic E-state index is 0.747. The van der Waals surface area contributed by atoms with Crippen LogP contribution in [0, 0.1) is 5.92 Å². The highest BCUT2D eigenvalue weighted by Crippen LogP contribution is 2.27. The minimum Gasteiger partial charge on any atom is -0.313 e. The topological polar surface area (TPSA) is 24.1 Å². The molecule has 1 aliphatic carbocycles. The number of rotatable bonds is 5. The molecule has 0 bridgehead atoms. The van der Waals surface area contributed by atoms with Crippen LogP contribution in [-0.4, -0.2) is 25.2 Å². The largest absolute Gasteiger partial charge is 0.313 e. The van der Waals surface area contributed by atoms with Crippen LogP contribution in [0.5, 0.6) is 0 Å². The van der Waals surface area contributed by atoms with Gasteiger partial charge in [-0.25, -0.2) is 0 Å². The SMILES string of the molecule is CCCC1CCC(NCC2CCCCN2)CC1. The van der Waals surface area contributed by atoms with Gasteiger partial charge < -0.3 is 10.6 Å². The standard InChI is InChI=1S/C15H30N2/c1-2-5-13-7-9-14(10-8-13)17-12-15-6-3-4-11-16-15/h13-17H,2-12H2,1H3. The maximum atomic E-state index is 3.79. The van der Waals surface area contributed by atoms with Crippen LogP contribution in [0.4, 0.5) is 0 Å². The summed E-state index contributed by atoms with van der Waals surface area (Å²) in [4.78, 5) is 0. The van der Waals surface area contributed by atoms with Crippen molar-refractivity contribution in [3.05, 3.63) is 0 Å². The van der Waals surface area contributed by atoms with Crippen molar-refractivity contribution < 1.29 is 0 Å². The molecule has 2 N–H and O–H groups in total. The highest BCUT2D eigenvalue weighted by atomic mass is 15.0. The van der Waals surface area contributed by atoms with Gasteiger partial charge in [0.05, 0.1) is 0 Å². The molecule has 0 amide bonds.